The average Bonchev–Trinajstić information content (AvgIpc) is 3.14. The van der Waals surface area contributed by atoms with E-state index in [9.17, 15) is 14.4 Å². The Labute approximate surface area is 203 Å². The van der Waals surface area contributed by atoms with Gasteiger partial charge in [0.2, 0.25) is 5.91 Å². The molecule has 0 radical (unpaired) electrons. The Kier molecular flexibility index (Phi) is 7.94. The first-order valence-electron chi connectivity index (χ1n) is 12.4. The van der Waals surface area contributed by atoms with Crippen LogP contribution in [0.4, 0.5) is 4.79 Å². The third kappa shape index (κ3) is 6.51. The summed E-state index contributed by atoms with van der Waals surface area (Å²) in [4.78, 5) is 41.5. The fraction of sp³-hybridized carbons (Fsp3) is 0.667. The lowest BCUT2D eigenvalue weighted by atomic mass is 9.83. The quantitative estimate of drug-likeness (QED) is 0.621. The van der Waals surface area contributed by atoms with Crippen molar-refractivity contribution in [2.45, 2.75) is 104 Å². The van der Waals surface area contributed by atoms with Gasteiger partial charge in [-0.1, -0.05) is 63.9 Å². The van der Waals surface area contributed by atoms with Crippen molar-refractivity contribution in [3.63, 3.8) is 0 Å². The number of benzene rings is 1. The highest BCUT2D eigenvalue weighted by Gasteiger charge is 2.51. The number of rotatable bonds is 5. The first kappa shape index (κ1) is 26.0. The molecule has 3 rings (SSSR count). The molecule has 2 aliphatic rings. The maximum atomic E-state index is 14.0. The van der Waals surface area contributed by atoms with Crippen LogP contribution in [0.5, 0.6) is 0 Å². The first-order valence-corrected chi connectivity index (χ1v) is 12.4. The molecule has 188 valence electrons. The van der Waals surface area contributed by atoms with E-state index in [2.05, 4.69) is 5.32 Å². The predicted molar refractivity (Wildman–Crippen MR) is 130 cm³/mol. The zero-order valence-corrected chi connectivity index (χ0v) is 21.4. The summed E-state index contributed by atoms with van der Waals surface area (Å²) >= 11 is 0. The van der Waals surface area contributed by atoms with Crippen molar-refractivity contribution in [1.29, 1.82) is 0 Å². The molecule has 4 atom stereocenters. The van der Waals surface area contributed by atoms with Crippen LogP contribution in [0.1, 0.15) is 79.2 Å². The van der Waals surface area contributed by atoms with E-state index in [0.717, 1.165) is 31.2 Å². The molecular formula is C27H40N2O5. The van der Waals surface area contributed by atoms with Gasteiger partial charge in [-0.15, -0.1) is 0 Å². The average molecular weight is 473 g/mol. The number of nitrogens with zero attached hydrogens (tertiary/aromatic N) is 1. The van der Waals surface area contributed by atoms with Gasteiger partial charge in [0.15, 0.2) is 0 Å². The summed E-state index contributed by atoms with van der Waals surface area (Å²) in [6.07, 6.45) is 3.97. The van der Waals surface area contributed by atoms with Gasteiger partial charge in [0.1, 0.15) is 24.3 Å². The number of hydrogen-bond donors (Lipinski definition) is 1. The first-order chi connectivity index (χ1) is 15.9. The Balaban J connectivity index is 1.79. The van der Waals surface area contributed by atoms with Crippen LogP contribution in [0.3, 0.4) is 0 Å². The highest BCUT2D eigenvalue weighted by atomic mass is 16.6. The van der Waals surface area contributed by atoms with Gasteiger partial charge in [-0.2, -0.15) is 0 Å². The fourth-order valence-electron chi connectivity index (χ4n) is 5.04. The van der Waals surface area contributed by atoms with Crippen molar-refractivity contribution >= 4 is 18.0 Å². The number of esters is 1. The van der Waals surface area contributed by atoms with Gasteiger partial charge >= 0.3 is 12.1 Å². The van der Waals surface area contributed by atoms with Gasteiger partial charge < -0.3 is 19.7 Å². The highest BCUT2D eigenvalue weighted by Crippen LogP contribution is 2.41. The van der Waals surface area contributed by atoms with E-state index in [1.165, 1.54) is 0 Å². The van der Waals surface area contributed by atoms with Crippen molar-refractivity contribution in [2.75, 3.05) is 0 Å². The van der Waals surface area contributed by atoms with Crippen molar-refractivity contribution < 1.29 is 23.9 Å². The molecule has 1 aromatic carbocycles. The van der Waals surface area contributed by atoms with Crippen LogP contribution in [0, 0.1) is 11.3 Å². The van der Waals surface area contributed by atoms with Gasteiger partial charge in [-0.05, 0) is 56.9 Å². The molecule has 1 aliphatic heterocycles. The van der Waals surface area contributed by atoms with Crippen LogP contribution >= 0.6 is 0 Å². The predicted octanol–water partition coefficient (Wildman–Crippen LogP) is 4.83. The van der Waals surface area contributed by atoms with Gasteiger partial charge in [-0.3, -0.25) is 4.79 Å². The third-order valence-corrected chi connectivity index (χ3v) is 6.61. The van der Waals surface area contributed by atoms with Gasteiger partial charge in [-0.25, -0.2) is 9.59 Å². The summed E-state index contributed by atoms with van der Waals surface area (Å²) in [5.74, 6) is -0.329. The second kappa shape index (κ2) is 10.4. The highest BCUT2D eigenvalue weighted by molar-refractivity contribution is 5.91. The second-order valence-electron chi connectivity index (χ2n) is 11.6. The molecule has 0 spiro atoms. The largest absolute Gasteiger partial charge is 0.458 e. The summed E-state index contributed by atoms with van der Waals surface area (Å²) in [5, 5.41) is 2.80. The van der Waals surface area contributed by atoms with E-state index in [4.69, 9.17) is 9.47 Å². The normalized spacial score (nSPS) is 23.6. The monoisotopic (exact) mass is 472 g/mol. The Morgan fingerprint density at radius 1 is 1.03 bits per heavy atom. The number of carbonyl (C=O) groups excluding carboxylic acids is 3. The van der Waals surface area contributed by atoms with Gasteiger partial charge in [0.25, 0.3) is 0 Å². The van der Waals surface area contributed by atoms with E-state index in [-0.39, 0.29) is 30.4 Å². The van der Waals surface area contributed by atoms with E-state index in [1.54, 1.807) is 4.90 Å². The molecule has 2 fully saturated rings. The minimum Gasteiger partial charge on any atom is -0.458 e. The van der Waals surface area contributed by atoms with Crippen LogP contribution < -0.4 is 5.32 Å². The number of fused-ring (bicyclic) bond motifs is 1. The van der Waals surface area contributed by atoms with E-state index in [1.807, 2.05) is 71.9 Å². The Morgan fingerprint density at radius 3 is 2.29 bits per heavy atom. The number of carbonyl (C=O) groups is 3. The van der Waals surface area contributed by atoms with Crippen molar-refractivity contribution in [1.82, 2.24) is 10.2 Å². The molecule has 1 heterocycles. The standard InChI is InChI=1S/C27H40N2O5/c1-26(2,3)22(28-25(32)33-17-18-12-8-7-9-13-18)23(30)29-20-15-11-10-14-19(20)16-21(29)24(31)34-27(4,5)6/h7-9,12-13,19-22H,10-11,14-17H2,1-6H3,(H,28,32). The molecule has 1 saturated carbocycles. The van der Waals surface area contributed by atoms with Gasteiger partial charge in [0, 0.05) is 6.04 Å². The summed E-state index contributed by atoms with van der Waals surface area (Å²) in [6.45, 7) is 11.3. The van der Waals surface area contributed by atoms with E-state index < -0.39 is 29.2 Å². The molecule has 1 N–H and O–H groups in total. The van der Waals surface area contributed by atoms with Crippen molar-refractivity contribution in [2.24, 2.45) is 11.3 Å². The Hall–Kier alpha value is -2.57. The van der Waals surface area contributed by atoms with Gasteiger partial charge in [0.05, 0.1) is 0 Å². The zero-order valence-electron chi connectivity index (χ0n) is 21.4. The van der Waals surface area contributed by atoms with Crippen molar-refractivity contribution in [3.05, 3.63) is 35.9 Å². The summed E-state index contributed by atoms with van der Waals surface area (Å²) in [5.41, 5.74) is -0.345. The molecule has 7 nitrogen and oxygen atoms in total. The maximum absolute atomic E-state index is 14.0. The number of likely N-dealkylation sites (tertiary alicyclic amines) is 1. The molecule has 0 bridgehead atoms. The number of amides is 2. The number of hydrogen-bond acceptors (Lipinski definition) is 5. The van der Waals surface area contributed by atoms with Crippen LogP contribution in [0.15, 0.2) is 30.3 Å². The lowest BCUT2D eigenvalue weighted by Gasteiger charge is -2.39. The second-order valence-corrected chi connectivity index (χ2v) is 11.6. The maximum Gasteiger partial charge on any atom is 0.408 e. The van der Waals surface area contributed by atoms with Crippen LogP contribution in [-0.2, 0) is 25.7 Å². The van der Waals surface area contributed by atoms with E-state index >= 15 is 0 Å². The molecule has 2 amide bonds. The topological polar surface area (TPSA) is 84.9 Å². The smallest absolute Gasteiger partial charge is 0.408 e. The van der Waals surface area contributed by atoms with E-state index in [0.29, 0.717) is 6.42 Å². The minimum absolute atomic E-state index is 0.00856. The fourth-order valence-corrected chi connectivity index (χ4v) is 5.04. The Morgan fingerprint density at radius 2 is 1.68 bits per heavy atom. The SMILES string of the molecule is CC(C)(C)OC(=O)C1CC2CCCCC2N1C(=O)C(NC(=O)OCc1ccccc1)C(C)(C)C. The number of ether oxygens (including phenoxy) is 2. The molecule has 1 aromatic rings. The number of nitrogens with one attached hydrogen (secondary N) is 1. The van der Waals surface area contributed by atoms with Crippen LogP contribution in [0.2, 0.25) is 0 Å². The molecule has 1 saturated heterocycles. The molecule has 4 unspecified atom stereocenters. The summed E-state index contributed by atoms with van der Waals surface area (Å²) in [6, 6.07) is 7.93. The summed E-state index contributed by atoms with van der Waals surface area (Å²) < 4.78 is 11.1. The van der Waals surface area contributed by atoms with Crippen LogP contribution in [0.25, 0.3) is 0 Å². The lowest BCUT2D eigenvalue weighted by Crippen LogP contribution is -2.59. The lowest BCUT2D eigenvalue weighted by molar-refractivity contribution is -0.165. The summed E-state index contributed by atoms with van der Waals surface area (Å²) in [7, 11) is 0. The molecule has 34 heavy (non-hydrogen) atoms. The van der Waals surface area contributed by atoms with Crippen LogP contribution in [-0.4, -0.2) is 46.6 Å². The minimum atomic E-state index is -0.832. The zero-order chi connectivity index (χ0) is 25.1. The number of alkyl carbamates (subject to hydrolysis) is 1. The molecule has 1 aliphatic carbocycles. The Bertz CT molecular complexity index is 871. The third-order valence-electron chi connectivity index (χ3n) is 6.61. The molecule has 7 heteroatoms. The molecular weight excluding hydrogens is 432 g/mol. The van der Waals surface area contributed by atoms with Crippen molar-refractivity contribution in [3.8, 4) is 0 Å². The molecule has 0 aromatic heterocycles.